The van der Waals surface area contributed by atoms with Crippen molar-refractivity contribution in [1.29, 1.82) is 0 Å². The summed E-state index contributed by atoms with van der Waals surface area (Å²) in [6.45, 7) is 14.8. The number of aliphatic imine (C=N–C) groups is 1. The molecule has 0 aliphatic carbocycles. The van der Waals surface area contributed by atoms with Gasteiger partial charge in [0.25, 0.3) is 5.91 Å². The molecule has 4 N–H and O–H groups in total. The van der Waals surface area contributed by atoms with E-state index < -0.39 is 11.9 Å². The van der Waals surface area contributed by atoms with E-state index in [-0.39, 0.29) is 36.7 Å². The molecule has 1 atom stereocenters. The highest BCUT2D eigenvalue weighted by molar-refractivity contribution is 6.01. The first-order valence-electron chi connectivity index (χ1n) is 14.6. The van der Waals surface area contributed by atoms with Crippen LogP contribution in [0.4, 0.5) is 5.69 Å². The summed E-state index contributed by atoms with van der Waals surface area (Å²) in [6, 6.07) is 3.06. The lowest BCUT2D eigenvalue weighted by molar-refractivity contribution is -0.134. The SMILES string of the molecule is C=C(NC1CCC(=O)NC1=O)c1c(OCC(=O)NCCCCCCCCNC(C)=O)ccc(C)c1N=C(C)C(C)C. The largest absolute Gasteiger partial charge is 0.483 e. The predicted molar refractivity (Wildman–Crippen MR) is 162 cm³/mol. The van der Waals surface area contributed by atoms with Crippen molar-refractivity contribution in [2.45, 2.75) is 92.0 Å². The molecule has 41 heavy (non-hydrogen) atoms. The molecule has 2 rings (SSSR count). The zero-order valence-electron chi connectivity index (χ0n) is 25.3. The monoisotopic (exact) mass is 569 g/mol. The predicted octanol–water partition coefficient (Wildman–Crippen LogP) is 4.08. The lowest BCUT2D eigenvalue weighted by Gasteiger charge is -2.25. The van der Waals surface area contributed by atoms with Gasteiger partial charge in [-0.05, 0) is 50.7 Å². The van der Waals surface area contributed by atoms with E-state index in [0.717, 1.165) is 56.3 Å². The van der Waals surface area contributed by atoms with Crippen LogP contribution in [0.3, 0.4) is 0 Å². The number of ether oxygens (including phenoxy) is 1. The molecular formula is C31H47N5O5. The van der Waals surface area contributed by atoms with Crippen LogP contribution in [0.15, 0.2) is 23.7 Å². The molecule has 1 aliphatic rings. The van der Waals surface area contributed by atoms with E-state index in [1.54, 1.807) is 6.07 Å². The third-order valence-corrected chi connectivity index (χ3v) is 7.01. The lowest BCUT2D eigenvalue weighted by atomic mass is 10.0. The Hall–Kier alpha value is -3.69. The topological polar surface area (TPSA) is 138 Å². The quantitative estimate of drug-likeness (QED) is 0.127. The Labute approximate surface area is 244 Å². The van der Waals surface area contributed by atoms with Gasteiger partial charge in [0.05, 0.1) is 11.3 Å². The molecule has 0 saturated carbocycles. The fourth-order valence-electron chi connectivity index (χ4n) is 4.30. The Morgan fingerprint density at radius 1 is 1.05 bits per heavy atom. The molecule has 1 saturated heterocycles. The molecule has 0 bridgehead atoms. The number of rotatable bonds is 17. The van der Waals surface area contributed by atoms with Crippen molar-refractivity contribution < 1.29 is 23.9 Å². The maximum Gasteiger partial charge on any atom is 0.257 e. The minimum atomic E-state index is -0.614. The number of carbonyl (C=O) groups is 4. The van der Waals surface area contributed by atoms with Crippen LogP contribution in [0.2, 0.25) is 0 Å². The molecule has 4 amide bonds. The third kappa shape index (κ3) is 11.8. The molecule has 1 aromatic carbocycles. The number of unbranched alkanes of at least 4 members (excludes halogenated alkanes) is 5. The van der Waals surface area contributed by atoms with Gasteiger partial charge in [0.2, 0.25) is 17.7 Å². The Morgan fingerprint density at radius 3 is 2.29 bits per heavy atom. The maximum absolute atomic E-state index is 12.5. The molecule has 1 aromatic rings. The van der Waals surface area contributed by atoms with Crippen LogP contribution < -0.4 is 26.0 Å². The highest BCUT2D eigenvalue weighted by Crippen LogP contribution is 2.37. The van der Waals surface area contributed by atoms with Crippen LogP contribution in [0.5, 0.6) is 5.75 Å². The van der Waals surface area contributed by atoms with Gasteiger partial charge in [0, 0.05) is 37.8 Å². The van der Waals surface area contributed by atoms with Crippen LogP contribution in [0, 0.1) is 12.8 Å². The van der Waals surface area contributed by atoms with Crippen LogP contribution in [0.25, 0.3) is 5.70 Å². The minimum absolute atomic E-state index is 0.00677. The number of nitrogens with one attached hydrogen (secondary N) is 4. The van der Waals surface area contributed by atoms with E-state index in [2.05, 4.69) is 41.7 Å². The first kappa shape index (κ1) is 33.5. The Bertz CT molecular complexity index is 1130. The summed E-state index contributed by atoms with van der Waals surface area (Å²) in [6.07, 6.45) is 6.74. The zero-order valence-corrected chi connectivity index (χ0v) is 25.3. The van der Waals surface area contributed by atoms with Gasteiger partial charge in [-0.15, -0.1) is 0 Å². The fraction of sp³-hybridized carbons (Fsp3) is 0.581. The molecule has 1 heterocycles. The lowest BCUT2D eigenvalue weighted by Crippen LogP contribution is -2.50. The third-order valence-electron chi connectivity index (χ3n) is 7.01. The summed E-state index contributed by atoms with van der Waals surface area (Å²) in [5.74, 6) is -0.250. The first-order valence-corrected chi connectivity index (χ1v) is 14.6. The van der Waals surface area contributed by atoms with Crippen molar-refractivity contribution in [2.24, 2.45) is 10.9 Å². The molecule has 10 nitrogen and oxygen atoms in total. The van der Waals surface area contributed by atoms with E-state index in [9.17, 15) is 19.2 Å². The number of imide groups is 1. The summed E-state index contributed by atoms with van der Waals surface area (Å²) in [5, 5.41) is 11.2. The average molecular weight is 570 g/mol. The van der Waals surface area contributed by atoms with Gasteiger partial charge in [-0.1, -0.05) is 52.2 Å². The normalized spacial score (nSPS) is 15.4. The Morgan fingerprint density at radius 2 is 1.68 bits per heavy atom. The summed E-state index contributed by atoms with van der Waals surface area (Å²) < 4.78 is 5.97. The summed E-state index contributed by atoms with van der Waals surface area (Å²) in [5.41, 5.74) is 3.51. The molecule has 1 unspecified atom stereocenters. The second-order valence-corrected chi connectivity index (χ2v) is 10.9. The number of hydrogen-bond acceptors (Lipinski definition) is 7. The van der Waals surface area contributed by atoms with E-state index in [1.165, 1.54) is 6.92 Å². The molecule has 0 spiro atoms. The smallest absolute Gasteiger partial charge is 0.257 e. The minimum Gasteiger partial charge on any atom is -0.483 e. The van der Waals surface area contributed by atoms with Gasteiger partial charge in [-0.25, -0.2) is 0 Å². The van der Waals surface area contributed by atoms with Crippen molar-refractivity contribution in [3.63, 3.8) is 0 Å². The average Bonchev–Trinajstić information content (AvgIpc) is 2.91. The number of piperidine rings is 1. The first-order chi connectivity index (χ1) is 19.5. The zero-order chi connectivity index (χ0) is 30.4. The second kappa shape index (κ2) is 17.2. The number of nitrogens with zero attached hydrogens (tertiary/aromatic N) is 1. The summed E-state index contributed by atoms with van der Waals surface area (Å²) in [7, 11) is 0. The van der Waals surface area contributed by atoms with Crippen molar-refractivity contribution >= 4 is 40.7 Å². The van der Waals surface area contributed by atoms with Crippen molar-refractivity contribution in [2.75, 3.05) is 19.7 Å². The molecule has 10 heteroatoms. The second-order valence-electron chi connectivity index (χ2n) is 10.9. The number of hydrogen-bond donors (Lipinski definition) is 4. The van der Waals surface area contributed by atoms with Crippen molar-refractivity contribution in [3.05, 3.63) is 29.8 Å². The van der Waals surface area contributed by atoms with Crippen LogP contribution in [-0.2, 0) is 19.2 Å². The number of amides is 4. The summed E-state index contributed by atoms with van der Waals surface area (Å²) in [4.78, 5) is 52.2. The van der Waals surface area contributed by atoms with Gasteiger partial charge in [-0.2, -0.15) is 0 Å². The molecule has 1 aliphatic heterocycles. The van der Waals surface area contributed by atoms with E-state index in [0.29, 0.717) is 35.7 Å². The van der Waals surface area contributed by atoms with Gasteiger partial charge in [0.1, 0.15) is 11.8 Å². The van der Waals surface area contributed by atoms with Crippen molar-refractivity contribution in [1.82, 2.24) is 21.3 Å². The van der Waals surface area contributed by atoms with E-state index in [1.807, 2.05) is 19.9 Å². The Kier molecular flexibility index (Phi) is 14.1. The summed E-state index contributed by atoms with van der Waals surface area (Å²) >= 11 is 0. The number of carbonyl (C=O) groups excluding carboxylic acids is 4. The van der Waals surface area contributed by atoms with Gasteiger partial charge < -0.3 is 20.7 Å². The van der Waals surface area contributed by atoms with Gasteiger partial charge in [-0.3, -0.25) is 29.5 Å². The fourth-order valence-corrected chi connectivity index (χ4v) is 4.30. The molecule has 1 fully saturated rings. The number of aryl methyl sites for hydroxylation is 1. The van der Waals surface area contributed by atoms with Gasteiger partial charge >= 0.3 is 0 Å². The highest BCUT2D eigenvalue weighted by Gasteiger charge is 2.28. The highest BCUT2D eigenvalue weighted by atomic mass is 16.5. The molecule has 0 radical (unpaired) electrons. The number of benzene rings is 1. The molecule has 226 valence electrons. The maximum atomic E-state index is 12.5. The standard InChI is InChI=1S/C31H47N5O5/c1-20(2)22(4)35-30-21(3)13-15-26(29(30)23(5)34-25-14-16-27(38)36-31(25)40)41-19-28(39)33-18-12-10-8-7-9-11-17-32-24(6)37/h13,15,20,25,34H,5,7-12,14,16-19H2,1-4,6H3,(H,32,37)(H,33,39)(H,36,38,40). The van der Waals surface area contributed by atoms with Gasteiger partial charge in [0.15, 0.2) is 6.61 Å². The molecule has 0 aromatic heterocycles. The van der Waals surface area contributed by atoms with E-state index >= 15 is 0 Å². The molecular weight excluding hydrogens is 522 g/mol. The van der Waals surface area contributed by atoms with Crippen LogP contribution in [0.1, 0.15) is 90.2 Å². The van der Waals surface area contributed by atoms with Crippen LogP contribution >= 0.6 is 0 Å². The van der Waals surface area contributed by atoms with E-state index in [4.69, 9.17) is 9.73 Å². The van der Waals surface area contributed by atoms with Crippen molar-refractivity contribution in [3.8, 4) is 5.75 Å². The van der Waals surface area contributed by atoms with Crippen LogP contribution in [-0.4, -0.2) is 55.1 Å². The Balaban J connectivity index is 1.99.